The van der Waals surface area contributed by atoms with E-state index >= 15 is 0 Å². The van der Waals surface area contributed by atoms with Crippen LogP contribution in [0.3, 0.4) is 0 Å². The van der Waals surface area contributed by atoms with E-state index in [0.717, 1.165) is 29.9 Å². The first-order chi connectivity index (χ1) is 16.0. The van der Waals surface area contributed by atoms with E-state index in [-0.39, 0.29) is 6.10 Å². The highest BCUT2D eigenvalue weighted by molar-refractivity contribution is 5.71. The Bertz CT molecular complexity index is 1010. The van der Waals surface area contributed by atoms with Crippen LogP contribution in [0.15, 0.2) is 24.4 Å². The normalized spacial score (nSPS) is 24.4. The monoisotopic (exact) mass is 454 g/mol. The second-order valence-corrected chi connectivity index (χ2v) is 9.13. The molecular weight excluding hydrogens is 424 g/mol. The molecule has 2 aromatic rings. The number of hydrogen-bond acceptors (Lipinski definition) is 7. The Morgan fingerprint density at radius 3 is 2.70 bits per heavy atom. The molecule has 1 atom stereocenters. The zero-order chi connectivity index (χ0) is 22.8. The van der Waals surface area contributed by atoms with Gasteiger partial charge in [0.1, 0.15) is 19.3 Å². The van der Waals surface area contributed by atoms with Crippen LogP contribution in [-0.2, 0) is 0 Å². The maximum atomic E-state index is 11.3. The number of ether oxygens (including phenoxy) is 3. The summed E-state index contributed by atoms with van der Waals surface area (Å²) in [6.45, 7) is 4.11. The highest BCUT2D eigenvalue weighted by Gasteiger charge is 2.29. The van der Waals surface area contributed by atoms with Gasteiger partial charge < -0.3 is 29.5 Å². The summed E-state index contributed by atoms with van der Waals surface area (Å²) in [5.41, 5.74) is 1.60. The highest BCUT2D eigenvalue weighted by Crippen LogP contribution is 2.38. The smallest absolute Gasteiger partial charge is 0.407 e. The fourth-order valence-electron chi connectivity index (χ4n) is 4.68. The number of carboxylic acid groups (broad SMARTS) is 1. The van der Waals surface area contributed by atoms with Gasteiger partial charge in [0, 0.05) is 25.2 Å². The van der Waals surface area contributed by atoms with Crippen molar-refractivity contribution in [1.82, 2.24) is 14.9 Å². The minimum Gasteiger partial charge on any atom is -0.486 e. The Morgan fingerprint density at radius 1 is 1.15 bits per heavy atom. The van der Waals surface area contributed by atoms with E-state index in [1.807, 2.05) is 18.2 Å². The molecule has 1 aromatic carbocycles. The molecule has 2 aliphatic heterocycles. The Hall–Kier alpha value is -3.23. The predicted molar refractivity (Wildman–Crippen MR) is 122 cm³/mol. The Labute approximate surface area is 193 Å². The lowest BCUT2D eigenvalue weighted by Crippen LogP contribution is -2.29. The molecule has 2 N–H and O–H groups in total. The predicted octanol–water partition coefficient (Wildman–Crippen LogP) is 4.04. The maximum Gasteiger partial charge on any atom is 0.407 e. The average Bonchev–Trinajstić information content (AvgIpc) is 3.29. The lowest BCUT2D eigenvalue weighted by atomic mass is 9.87. The number of fused-ring (bicyclic) bond motifs is 1. The maximum absolute atomic E-state index is 11.3. The van der Waals surface area contributed by atoms with Gasteiger partial charge in [0.25, 0.3) is 0 Å². The zero-order valence-corrected chi connectivity index (χ0v) is 18.8. The van der Waals surface area contributed by atoms with E-state index in [1.54, 1.807) is 6.20 Å². The van der Waals surface area contributed by atoms with Crippen LogP contribution in [0.25, 0.3) is 11.1 Å². The summed E-state index contributed by atoms with van der Waals surface area (Å²) in [4.78, 5) is 22.0. The van der Waals surface area contributed by atoms with Crippen molar-refractivity contribution in [1.29, 1.82) is 0 Å². The van der Waals surface area contributed by atoms with Crippen molar-refractivity contribution < 1.29 is 24.1 Å². The molecule has 0 bridgehead atoms. The third-order valence-corrected chi connectivity index (χ3v) is 6.65. The fraction of sp³-hybridized carbons (Fsp3) is 0.542. The van der Waals surface area contributed by atoms with E-state index in [9.17, 15) is 9.90 Å². The van der Waals surface area contributed by atoms with Gasteiger partial charge in [-0.2, -0.15) is 4.98 Å². The third kappa shape index (κ3) is 4.91. The summed E-state index contributed by atoms with van der Waals surface area (Å²) in [6, 6.07) is 6.08. The summed E-state index contributed by atoms with van der Waals surface area (Å²) in [5.74, 6) is 3.15. The Kier molecular flexibility index (Phi) is 6.11. The van der Waals surface area contributed by atoms with Crippen LogP contribution < -0.4 is 19.5 Å². The van der Waals surface area contributed by atoms with Crippen LogP contribution in [0.4, 0.5) is 10.7 Å². The minimum absolute atomic E-state index is 0.254. The number of aromatic nitrogens is 2. The molecule has 9 heteroatoms. The fourth-order valence-corrected chi connectivity index (χ4v) is 4.68. The number of benzene rings is 1. The second kappa shape index (κ2) is 9.33. The highest BCUT2D eigenvalue weighted by atomic mass is 16.6. The molecule has 0 radical (unpaired) electrons. The second-order valence-electron chi connectivity index (χ2n) is 9.13. The number of nitrogens with zero attached hydrogens (tertiary/aromatic N) is 3. The van der Waals surface area contributed by atoms with Gasteiger partial charge in [-0.3, -0.25) is 0 Å². The number of nitrogens with one attached hydrogen (secondary N) is 1. The van der Waals surface area contributed by atoms with Crippen LogP contribution in [0.1, 0.15) is 39.0 Å². The van der Waals surface area contributed by atoms with Gasteiger partial charge in [0.05, 0.1) is 12.1 Å². The molecule has 1 amide bonds. The Balaban J connectivity index is 1.41. The standard InChI is InChI=1S/C24H30N4O5/c1-15-2-5-17(6-3-15)26-23-25-13-19(16-4-7-20-21(12-16)32-11-10-31-20)22(27-23)33-18-8-9-28(14-18)24(29)30/h4,7,12-13,15,17-18H,2-3,5-6,8-11,14H2,1H3,(H,29,30)(H,25,26,27)/t15-,17-,18?. The van der Waals surface area contributed by atoms with Crippen LogP contribution in [0.5, 0.6) is 17.4 Å². The molecule has 3 heterocycles. The summed E-state index contributed by atoms with van der Waals surface area (Å²) < 4.78 is 17.6. The first-order valence-corrected chi connectivity index (χ1v) is 11.7. The molecule has 3 aliphatic rings. The largest absolute Gasteiger partial charge is 0.486 e. The van der Waals surface area contributed by atoms with Gasteiger partial charge in [-0.15, -0.1) is 0 Å². The topological polar surface area (TPSA) is 106 Å². The van der Waals surface area contributed by atoms with E-state index < -0.39 is 6.09 Å². The number of carbonyl (C=O) groups is 1. The molecule has 1 aromatic heterocycles. The van der Waals surface area contributed by atoms with Crippen LogP contribution in [-0.4, -0.2) is 64.5 Å². The molecule has 9 nitrogen and oxygen atoms in total. The summed E-state index contributed by atoms with van der Waals surface area (Å²) >= 11 is 0. The Morgan fingerprint density at radius 2 is 1.94 bits per heavy atom. The number of likely N-dealkylation sites (tertiary alicyclic amines) is 1. The molecule has 1 unspecified atom stereocenters. The summed E-state index contributed by atoms with van der Waals surface area (Å²) in [7, 11) is 0. The summed E-state index contributed by atoms with van der Waals surface area (Å²) in [5, 5.41) is 12.8. The van der Waals surface area contributed by atoms with Gasteiger partial charge >= 0.3 is 6.09 Å². The van der Waals surface area contributed by atoms with Crippen molar-refractivity contribution >= 4 is 12.0 Å². The lowest BCUT2D eigenvalue weighted by Gasteiger charge is -2.27. The van der Waals surface area contributed by atoms with E-state index in [4.69, 9.17) is 19.2 Å². The van der Waals surface area contributed by atoms with Gasteiger partial charge in [-0.25, -0.2) is 9.78 Å². The van der Waals surface area contributed by atoms with Crippen molar-refractivity contribution in [3.05, 3.63) is 24.4 Å². The van der Waals surface area contributed by atoms with Crippen LogP contribution in [0.2, 0.25) is 0 Å². The molecule has 5 rings (SSSR count). The van der Waals surface area contributed by atoms with E-state index in [1.165, 1.54) is 17.7 Å². The molecule has 0 spiro atoms. The average molecular weight is 455 g/mol. The molecule has 1 saturated heterocycles. The molecule has 1 saturated carbocycles. The lowest BCUT2D eigenvalue weighted by molar-refractivity contribution is 0.144. The van der Waals surface area contributed by atoms with Crippen molar-refractivity contribution in [2.75, 3.05) is 31.6 Å². The zero-order valence-electron chi connectivity index (χ0n) is 18.8. The first-order valence-electron chi connectivity index (χ1n) is 11.7. The quantitative estimate of drug-likeness (QED) is 0.697. The molecule has 1 aliphatic carbocycles. The van der Waals surface area contributed by atoms with Crippen molar-refractivity contribution in [2.45, 2.75) is 51.2 Å². The van der Waals surface area contributed by atoms with E-state index in [0.29, 0.717) is 62.1 Å². The molecule has 33 heavy (non-hydrogen) atoms. The molecular formula is C24H30N4O5. The molecule has 176 valence electrons. The minimum atomic E-state index is -0.926. The first kappa shape index (κ1) is 21.6. The number of anilines is 1. The summed E-state index contributed by atoms with van der Waals surface area (Å²) in [6.07, 6.45) is 5.81. The van der Waals surface area contributed by atoms with Crippen molar-refractivity contribution in [2.24, 2.45) is 5.92 Å². The van der Waals surface area contributed by atoms with Gasteiger partial charge in [0.15, 0.2) is 11.5 Å². The van der Waals surface area contributed by atoms with E-state index in [2.05, 4.69) is 17.2 Å². The van der Waals surface area contributed by atoms with Crippen LogP contribution >= 0.6 is 0 Å². The SMILES string of the molecule is C[C@H]1CC[C@H](Nc2ncc(-c3ccc4c(c3)OCCO4)c(OC3CCN(C(=O)O)C3)n2)CC1. The van der Waals surface area contributed by atoms with Gasteiger partial charge in [-0.05, 0) is 49.3 Å². The number of rotatable bonds is 5. The number of amides is 1. The van der Waals surface area contributed by atoms with Gasteiger partial charge in [-0.1, -0.05) is 13.0 Å². The third-order valence-electron chi connectivity index (χ3n) is 6.65. The number of hydrogen-bond donors (Lipinski definition) is 2. The molecule has 2 fully saturated rings. The van der Waals surface area contributed by atoms with Gasteiger partial charge in [0.2, 0.25) is 11.8 Å². The van der Waals surface area contributed by atoms with Crippen molar-refractivity contribution in [3.63, 3.8) is 0 Å². The van der Waals surface area contributed by atoms with Crippen molar-refractivity contribution in [3.8, 4) is 28.5 Å². The van der Waals surface area contributed by atoms with Crippen LogP contribution in [0, 0.1) is 5.92 Å².